The Balaban J connectivity index is 0.00000208. The van der Waals surface area contributed by atoms with Crippen molar-refractivity contribution in [3.8, 4) is 0 Å². The molecule has 1 aromatic rings. The van der Waals surface area contributed by atoms with Gasteiger partial charge in [0.15, 0.2) is 5.96 Å². The van der Waals surface area contributed by atoms with Gasteiger partial charge in [-0.25, -0.2) is 0 Å². The van der Waals surface area contributed by atoms with Crippen LogP contribution in [0, 0.1) is 25.2 Å². The molecule has 24 heavy (non-hydrogen) atoms. The van der Waals surface area contributed by atoms with Gasteiger partial charge in [-0.15, -0.1) is 24.0 Å². The minimum Gasteiger partial charge on any atom is -0.356 e. The molecule has 2 aliphatic rings. The predicted octanol–water partition coefficient (Wildman–Crippen LogP) is 3.25. The molecule has 0 aromatic carbocycles. The van der Waals surface area contributed by atoms with Crippen molar-refractivity contribution in [3.63, 3.8) is 0 Å². The van der Waals surface area contributed by atoms with E-state index >= 15 is 0 Å². The number of nitrogens with one attached hydrogen (secondary N) is 2. The lowest BCUT2D eigenvalue weighted by molar-refractivity contribution is 0.106. The standard InChI is InChI=1S/C18H31N5.HI/c1-14-12-15(2)23(22-14)11-5-10-20-17(19-3)21-13-18(8-4-9-18)16-6-7-16;/h12,16H,4-11,13H2,1-3H3,(H2,19,20,21);1H. The molecule has 0 unspecified atom stereocenters. The van der Waals surface area contributed by atoms with Crippen molar-refractivity contribution >= 4 is 29.9 Å². The van der Waals surface area contributed by atoms with Crippen LogP contribution < -0.4 is 10.6 Å². The van der Waals surface area contributed by atoms with Crippen LogP contribution in [0.2, 0.25) is 0 Å². The van der Waals surface area contributed by atoms with Crippen LogP contribution in [-0.2, 0) is 6.54 Å². The smallest absolute Gasteiger partial charge is 0.190 e. The molecule has 2 aliphatic carbocycles. The van der Waals surface area contributed by atoms with Gasteiger partial charge in [-0.05, 0) is 63.4 Å². The van der Waals surface area contributed by atoms with Crippen LogP contribution in [0.15, 0.2) is 11.1 Å². The van der Waals surface area contributed by atoms with Gasteiger partial charge in [0.1, 0.15) is 0 Å². The maximum absolute atomic E-state index is 4.50. The predicted molar refractivity (Wildman–Crippen MR) is 110 cm³/mol. The normalized spacial score (nSPS) is 19.4. The summed E-state index contributed by atoms with van der Waals surface area (Å²) in [7, 11) is 1.86. The van der Waals surface area contributed by atoms with E-state index in [1.54, 1.807) is 0 Å². The second kappa shape index (κ2) is 8.54. The van der Waals surface area contributed by atoms with E-state index in [4.69, 9.17) is 0 Å². The molecule has 3 rings (SSSR count). The number of halogens is 1. The Morgan fingerprint density at radius 3 is 2.58 bits per heavy atom. The van der Waals surface area contributed by atoms with Crippen LogP contribution in [-0.4, -0.2) is 35.9 Å². The lowest BCUT2D eigenvalue weighted by atomic mass is 9.65. The fraction of sp³-hybridized carbons (Fsp3) is 0.778. The van der Waals surface area contributed by atoms with Gasteiger partial charge in [0.25, 0.3) is 0 Å². The Labute approximate surface area is 163 Å². The first kappa shape index (κ1) is 19.5. The topological polar surface area (TPSA) is 54.2 Å². The van der Waals surface area contributed by atoms with E-state index in [9.17, 15) is 0 Å². The number of rotatable bonds is 7. The van der Waals surface area contributed by atoms with Gasteiger partial charge in [0.2, 0.25) is 0 Å². The zero-order valence-corrected chi connectivity index (χ0v) is 17.6. The number of guanidine groups is 1. The monoisotopic (exact) mass is 445 g/mol. The number of aromatic nitrogens is 2. The fourth-order valence-electron chi connectivity index (χ4n) is 3.87. The third kappa shape index (κ3) is 4.64. The van der Waals surface area contributed by atoms with E-state index in [1.807, 2.05) is 14.0 Å². The molecule has 0 atom stereocenters. The van der Waals surface area contributed by atoms with Gasteiger partial charge in [-0.3, -0.25) is 9.67 Å². The van der Waals surface area contributed by atoms with Crippen molar-refractivity contribution in [2.75, 3.05) is 20.1 Å². The molecular weight excluding hydrogens is 413 g/mol. The first-order valence-corrected chi connectivity index (χ1v) is 9.08. The van der Waals surface area contributed by atoms with Crippen molar-refractivity contribution in [3.05, 3.63) is 17.5 Å². The molecule has 0 amide bonds. The van der Waals surface area contributed by atoms with E-state index in [0.29, 0.717) is 5.41 Å². The average Bonchev–Trinajstić information content (AvgIpc) is 3.26. The maximum Gasteiger partial charge on any atom is 0.190 e. The first-order valence-electron chi connectivity index (χ1n) is 9.08. The maximum atomic E-state index is 4.50. The summed E-state index contributed by atoms with van der Waals surface area (Å²) < 4.78 is 2.09. The highest BCUT2D eigenvalue weighted by Crippen LogP contribution is 2.56. The van der Waals surface area contributed by atoms with Crippen LogP contribution in [0.5, 0.6) is 0 Å². The molecule has 0 bridgehead atoms. The highest BCUT2D eigenvalue weighted by atomic mass is 127. The van der Waals surface area contributed by atoms with Crippen molar-refractivity contribution < 1.29 is 0 Å². The lowest BCUT2D eigenvalue weighted by Gasteiger charge is -2.43. The number of hydrogen-bond acceptors (Lipinski definition) is 2. The van der Waals surface area contributed by atoms with Gasteiger partial charge in [0.05, 0.1) is 5.69 Å². The summed E-state index contributed by atoms with van der Waals surface area (Å²) >= 11 is 0. The Morgan fingerprint density at radius 2 is 2.08 bits per heavy atom. The Bertz CT molecular complexity index is 558. The van der Waals surface area contributed by atoms with Crippen molar-refractivity contribution in [1.82, 2.24) is 20.4 Å². The molecule has 1 aromatic heterocycles. The average molecular weight is 445 g/mol. The SMILES string of the molecule is CN=C(NCCCn1nc(C)cc1C)NCC1(C2CC2)CCC1.I. The second-order valence-corrected chi connectivity index (χ2v) is 7.35. The van der Waals surface area contributed by atoms with Crippen molar-refractivity contribution in [2.24, 2.45) is 16.3 Å². The van der Waals surface area contributed by atoms with Gasteiger partial charge < -0.3 is 10.6 Å². The molecule has 2 fully saturated rings. The molecule has 136 valence electrons. The van der Waals surface area contributed by atoms with Gasteiger partial charge in [0, 0.05) is 32.4 Å². The molecule has 0 radical (unpaired) electrons. The van der Waals surface area contributed by atoms with Crippen molar-refractivity contribution in [1.29, 1.82) is 0 Å². The summed E-state index contributed by atoms with van der Waals surface area (Å²) in [6.45, 7) is 7.13. The second-order valence-electron chi connectivity index (χ2n) is 7.35. The Kier molecular flexibility index (Phi) is 6.95. The highest BCUT2D eigenvalue weighted by Gasteiger charge is 2.48. The molecule has 6 heteroatoms. The number of aliphatic imine (C=N–C) groups is 1. The van der Waals surface area contributed by atoms with Crippen LogP contribution >= 0.6 is 24.0 Å². The third-order valence-corrected chi connectivity index (χ3v) is 5.57. The molecule has 0 saturated heterocycles. The zero-order chi connectivity index (χ0) is 16.3. The van der Waals surface area contributed by atoms with Crippen LogP contribution in [0.25, 0.3) is 0 Å². The summed E-state index contributed by atoms with van der Waals surface area (Å²) in [5, 5.41) is 11.5. The molecule has 1 heterocycles. The summed E-state index contributed by atoms with van der Waals surface area (Å²) in [5.74, 6) is 1.93. The van der Waals surface area contributed by atoms with E-state index in [2.05, 4.69) is 38.4 Å². The van der Waals surface area contributed by atoms with Crippen LogP contribution in [0.3, 0.4) is 0 Å². The summed E-state index contributed by atoms with van der Waals surface area (Å²) in [6, 6.07) is 2.13. The molecule has 5 nitrogen and oxygen atoms in total. The molecular formula is C18H32IN5. The minimum absolute atomic E-state index is 0. The van der Waals surface area contributed by atoms with Gasteiger partial charge >= 0.3 is 0 Å². The molecule has 0 spiro atoms. The Hall–Kier alpha value is -0.790. The Morgan fingerprint density at radius 1 is 1.33 bits per heavy atom. The molecule has 0 aliphatic heterocycles. The number of hydrogen-bond donors (Lipinski definition) is 2. The van der Waals surface area contributed by atoms with E-state index in [0.717, 1.165) is 43.6 Å². The number of nitrogens with zero attached hydrogens (tertiary/aromatic N) is 3. The van der Waals surface area contributed by atoms with Crippen molar-refractivity contribution in [2.45, 2.75) is 58.9 Å². The lowest BCUT2D eigenvalue weighted by Crippen LogP contribution is -2.47. The van der Waals surface area contributed by atoms with Gasteiger partial charge in [-0.1, -0.05) is 6.42 Å². The largest absolute Gasteiger partial charge is 0.356 e. The minimum atomic E-state index is 0. The summed E-state index contributed by atoms with van der Waals surface area (Å²) in [6.07, 6.45) is 8.15. The zero-order valence-electron chi connectivity index (χ0n) is 15.3. The third-order valence-electron chi connectivity index (χ3n) is 5.57. The van der Waals surface area contributed by atoms with Crippen LogP contribution in [0.4, 0.5) is 0 Å². The van der Waals surface area contributed by atoms with Crippen LogP contribution in [0.1, 0.15) is 49.9 Å². The van der Waals surface area contributed by atoms with E-state index < -0.39 is 0 Å². The summed E-state index contributed by atoms with van der Waals surface area (Å²) in [5.41, 5.74) is 2.92. The highest BCUT2D eigenvalue weighted by molar-refractivity contribution is 14.0. The fourth-order valence-corrected chi connectivity index (χ4v) is 3.87. The quantitative estimate of drug-likeness (QED) is 0.293. The van der Waals surface area contributed by atoms with Gasteiger partial charge in [-0.2, -0.15) is 5.10 Å². The number of aryl methyl sites for hydroxylation is 3. The molecule has 2 saturated carbocycles. The molecule has 2 N–H and O–H groups in total. The summed E-state index contributed by atoms with van der Waals surface area (Å²) in [4.78, 5) is 4.37. The first-order chi connectivity index (χ1) is 11.1. The van der Waals surface area contributed by atoms with E-state index in [1.165, 1.54) is 37.8 Å². The van der Waals surface area contributed by atoms with E-state index in [-0.39, 0.29) is 24.0 Å².